The second-order valence-electron chi connectivity index (χ2n) is 5.39. The number of rotatable bonds is 10. The van der Waals surface area contributed by atoms with Crippen LogP contribution in [0.15, 0.2) is 0 Å². The Labute approximate surface area is 99.9 Å². The Balaban J connectivity index is 1.91. The first-order chi connectivity index (χ1) is 7.68. The average molecular weight is 229 g/mol. The molecule has 3 nitrogen and oxygen atoms in total. The van der Waals surface area contributed by atoms with Crippen LogP contribution in [0.1, 0.15) is 33.1 Å². The van der Waals surface area contributed by atoms with Gasteiger partial charge in [0.2, 0.25) is 0 Å². The molecular formula is C13H27NO2. The summed E-state index contributed by atoms with van der Waals surface area (Å²) in [6.45, 7) is 9.05. The minimum atomic E-state index is 0.550. The van der Waals surface area contributed by atoms with E-state index in [9.17, 15) is 0 Å². The fraction of sp³-hybridized carbons (Fsp3) is 1.00. The van der Waals surface area contributed by atoms with Crippen LogP contribution in [0.4, 0.5) is 0 Å². The van der Waals surface area contributed by atoms with Gasteiger partial charge in [-0.15, -0.1) is 0 Å². The Morgan fingerprint density at radius 3 is 2.56 bits per heavy atom. The molecule has 0 aromatic heterocycles. The van der Waals surface area contributed by atoms with Gasteiger partial charge in [-0.05, 0) is 30.6 Å². The first-order valence-corrected chi connectivity index (χ1v) is 6.46. The van der Waals surface area contributed by atoms with Gasteiger partial charge in [-0.2, -0.15) is 0 Å². The van der Waals surface area contributed by atoms with E-state index in [1.807, 2.05) is 0 Å². The Bertz CT molecular complexity index is 179. The van der Waals surface area contributed by atoms with Crippen LogP contribution in [0.25, 0.3) is 0 Å². The zero-order valence-electron chi connectivity index (χ0n) is 11.1. The van der Waals surface area contributed by atoms with Crippen molar-refractivity contribution in [2.24, 2.45) is 11.3 Å². The highest BCUT2D eigenvalue weighted by atomic mass is 16.5. The minimum absolute atomic E-state index is 0.550. The molecule has 0 radical (unpaired) electrons. The van der Waals surface area contributed by atoms with Crippen LogP contribution in [0.5, 0.6) is 0 Å². The van der Waals surface area contributed by atoms with Crippen molar-refractivity contribution in [1.29, 1.82) is 0 Å². The van der Waals surface area contributed by atoms with E-state index in [1.54, 1.807) is 7.11 Å². The molecule has 0 amide bonds. The Hall–Kier alpha value is -0.120. The van der Waals surface area contributed by atoms with Gasteiger partial charge >= 0.3 is 0 Å². The third-order valence-electron chi connectivity index (χ3n) is 3.17. The maximum Gasteiger partial charge on any atom is 0.0591 e. The first kappa shape index (κ1) is 13.9. The summed E-state index contributed by atoms with van der Waals surface area (Å²) in [5, 5.41) is 3.49. The molecule has 16 heavy (non-hydrogen) atoms. The van der Waals surface area contributed by atoms with Crippen LogP contribution in [0.3, 0.4) is 0 Å². The molecule has 0 aliphatic heterocycles. The van der Waals surface area contributed by atoms with E-state index in [0.717, 1.165) is 32.9 Å². The second kappa shape index (κ2) is 7.25. The molecule has 0 saturated heterocycles. The third-order valence-corrected chi connectivity index (χ3v) is 3.17. The molecular weight excluding hydrogens is 202 g/mol. The van der Waals surface area contributed by atoms with Crippen molar-refractivity contribution < 1.29 is 9.47 Å². The van der Waals surface area contributed by atoms with Crippen LogP contribution in [0.2, 0.25) is 0 Å². The highest BCUT2D eigenvalue weighted by molar-refractivity contribution is 4.94. The number of methoxy groups -OCH3 is 1. The molecule has 1 fully saturated rings. The molecule has 3 heteroatoms. The van der Waals surface area contributed by atoms with Crippen LogP contribution < -0.4 is 5.32 Å². The molecule has 0 aromatic carbocycles. The SMILES string of the molecule is COCCC1(CNCCOCC(C)C)CC1. The van der Waals surface area contributed by atoms with E-state index in [0.29, 0.717) is 11.3 Å². The summed E-state index contributed by atoms with van der Waals surface area (Å²) < 4.78 is 10.7. The van der Waals surface area contributed by atoms with Crippen molar-refractivity contribution in [2.45, 2.75) is 33.1 Å². The van der Waals surface area contributed by atoms with Crippen LogP contribution in [-0.4, -0.2) is 40.0 Å². The lowest BCUT2D eigenvalue weighted by Gasteiger charge is -2.15. The number of ether oxygens (including phenoxy) is 2. The quantitative estimate of drug-likeness (QED) is 0.582. The zero-order valence-corrected chi connectivity index (χ0v) is 11.1. The lowest BCUT2D eigenvalue weighted by Crippen LogP contribution is -2.28. The van der Waals surface area contributed by atoms with Gasteiger partial charge < -0.3 is 14.8 Å². The highest BCUT2D eigenvalue weighted by Crippen LogP contribution is 2.48. The van der Waals surface area contributed by atoms with E-state index in [2.05, 4.69) is 19.2 Å². The maximum atomic E-state index is 5.52. The minimum Gasteiger partial charge on any atom is -0.385 e. The van der Waals surface area contributed by atoms with Crippen LogP contribution >= 0.6 is 0 Å². The topological polar surface area (TPSA) is 30.5 Å². The molecule has 0 atom stereocenters. The summed E-state index contributed by atoms with van der Waals surface area (Å²) in [5.41, 5.74) is 0.550. The Morgan fingerprint density at radius 1 is 1.25 bits per heavy atom. The van der Waals surface area contributed by atoms with Crippen molar-refractivity contribution in [3.63, 3.8) is 0 Å². The molecule has 1 aliphatic carbocycles. The lowest BCUT2D eigenvalue weighted by molar-refractivity contribution is 0.110. The van der Waals surface area contributed by atoms with Crippen molar-refractivity contribution in [1.82, 2.24) is 5.32 Å². The molecule has 0 aromatic rings. The van der Waals surface area contributed by atoms with Gasteiger partial charge in [0.15, 0.2) is 0 Å². The summed E-state index contributed by atoms with van der Waals surface area (Å²) >= 11 is 0. The monoisotopic (exact) mass is 229 g/mol. The van der Waals surface area contributed by atoms with Crippen molar-refractivity contribution in [3.8, 4) is 0 Å². The number of nitrogens with one attached hydrogen (secondary N) is 1. The Morgan fingerprint density at radius 2 is 2.00 bits per heavy atom. The van der Waals surface area contributed by atoms with Gasteiger partial charge in [0, 0.05) is 33.4 Å². The maximum absolute atomic E-state index is 5.52. The molecule has 96 valence electrons. The predicted octanol–water partition coefficient (Wildman–Crippen LogP) is 2.07. The van der Waals surface area contributed by atoms with E-state index < -0.39 is 0 Å². The molecule has 0 bridgehead atoms. The van der Waals surface area contributed by atoms with E-state index in [1.165, 1.54) is 19.3 Å². The predicted molar refractivity (Wildman–Crippen MR) is 66.7 cm³/mol. The first-order valence-electron chi connectivity index (χ1n) is 6.46. The van der Waals surface area contributed by atoms with Crippen molar-refractivity contribution in [2.75, 3.05) is 40.0 Å². The summed E-state index contributed by atoms with van der Waals surface area (Å²) in [5.74, 6) is 0.636. The largest absolute Gasteiger partial charge is 0.385 e. The van der Waals surface area contributed by atoms with Gasteiger partial charge in [-0.3, -0.25) is 0 Å². The molecule has 0 heterocycles. The highest BCUT2D eigenvalue weighted by Gasteiger charge is 2.41. The Kier molecular flexibility index (Phi) is 6.32. The molecule has 1 saturated carbocycles. The van der Waals surface area contributed by atoms with E-state index in [-0.39, 0.29) is 0 Å². The zero-order chi connectivity index (χ0) is 11.9. The van der Waals surface area contributed by atoms with E-state index >= 15 is 0 Å². The average Bonchev–Trinajstić information content (AvgIpc) is 3.01. The van der Waals surface area contributed by atoms with E-state index in [4.69, 9.17) is 9.47 Å². The van der Waals surface area contributed by atoms with Gasteiger partial charge in [-0.1, -0.05) is 13.8 Å². The molecule has 1 N–H and O–H groups in total. The van der Waals surface area contributed by atoms with Gasteiger partial charge in [0.05, 0.1) is 6.61 Å². The third kappa shape index (κ3) is 5.83. The van der Waals surface area contributed by atoms with Gasteiger partial charge in [0.1, 0.15) is 0 Å². The van der Waals surface area contributed by atoms with Gasteiger partial charge in [-0.25, -0.2) is 0 Å². The molecule has 0 spiro atoms. The van der Waals surface area contributed by atoms with Gasteiger partial charge in [0.25, 0.3) is 0 Å². The fourth-order valence-corrected chi connectivity index (χ4v) is 1.83. The lowest BCUT2D eigenvalue weighted by atomic mass is 10.0. The summed E-state index contributed by atoms with van der Waals surface area (Å²) in [6.07, 6.45) is 3.91. The number of hydrogen-bond acceptors (Lipinski definition) is 3. The molecule has 1 rings (SSSR count). The summed E-state index contributed by atoms with van der Waals surface area (Å²) in [7, 11) is 1.78. The normalized spacial score (nSPS) is 18.0. The second-order valence-corrected chi connectivity index (χ2v) is 5.39. The molecule has 1 aliphatic rings. The molecule has 0 unspecified atom stereocenters. The van der Waals surface area contributed by atoms with Crippen molar-refractivity contribution >= 4 is 0 Å². The van der Waals surface area contributed by atoms with Crippen LogP contribution in [0, 0.1) is 11.3 Å². The summed E-state index contributed by atoms with van der Waals surface area (Å²) in [6, 6.07) is 0. The van der Waals surface area contributed by atoms with Crippen molar-refractivity contribution in [3.05, 3.63) is 0 Å². The number of hydrogen-bond donors (Lipinski definition) is 1. The summed E-state index contributed by atoms with van der Waals surface area (Å²) in [4.78, 5) is 0. The van der Waals surface area contributed by atoms with Crippen LogP contribution in [-0.2, 0) is 9.47 Å². The standard InChI is InChI=1S/C13H27NO2/c1-12(2)10-16-9-7-14-11-13(4-5-13)6-8-15-3/h12,14H,4-11H2,1-3H3. The smallest absolute Gasteiger partial charge is 0.0591 e. The fourth-order valence-electron chi connectivity index (χ4n) is 1.83.